The van der Waals surface area contributed by atoms with E-state index in [9.17, 15) is 13.2 Å². The number of hydrogen-bond acceptors (Lipinski definition) is 5. The molecule has 6 rings (SSSR count). The summed E-state index contributed by atoms with van der Waals surface area (Å²) < 4.78 is 28.7. The van der Waals surface area contributed by atoms with Gasteiger partial charge in [0, 0.05) is 18.8 Å². The molecular weight excluding hydrogens is 508 g/mol. The molecule has 0 bridgehead atoms. The van der Waals surface area contributed by atoms with Crippen LogP contribution in [0.15, 0.2) is 82.7 Å². The molecule has 1 amide bonds. The van der Waals surface area contributed by atoms with E-state index in [1.54, 1.807) is 18.2 Å². The van der Waals surface area contributed by atoms with E-state index in [1.165, 1.54) is 24.8 Å². The summed E-state index contributed by atoms with van der Waals surface area (Å²) in [5.74, 6) is -0.517. The lowest BCUT2D eigenvalue weighted by Gasteiger charge is -2.26. The van der Waals surface area contributed by atoms with Gasteiger partial charge < -0.3 is 5.32 Å². The molecule has 2 N–H and O–H groups in total. The first-order valence-electron chi connectivity index (χ1n) is 13.9. The summed E-state index contributed by atoms with van der Waals surface area (Å²) >= 11 is 0. The van der Waals surface area contributed by atoms with Gasteiger partial charge in [0.25, 0.3) is 0 Å². The molecule has 2 aliphatic heterocycles. The number of carbonyl (C=O) groups is 1. The highest BCUT2D eigenvalue weighted by atomic mass is 32.2. The van der Waals surface area contributed by atoms with Gasteiger partial charge in [-0.15, -0.1) is 0 Å². The number of nitrogens with zero attached hydrogens (tertiary/aromatic N) is 2. The Balaban J connectivity index is 1.32. The second kappa shape index (κ2) is 11.0. The summed E-state index contributed by atoms with van der Waals surface area (Å²) in [5.41, 5.74) is 4.66. The monoisotopic (exact) mass is 542 g/mol. The zero-order chi connectivity index (χ0) is 26.8. The third-order valence-corrected chi connectivity index (χ3v) is 9.23. The Morgan fingerprint density at radius 3 is 2.41 bits per heavy atom. The van der Waals surface area contributed by atoms with Gasteiger partial charge in [0.2, 0.25) is 15.9 Å². The lowest BCUT2D eigenvalue weighted by molar-refractivity contribution is -0.115. The molecule has 1 saturated carbocycles. The summed E-state index contributed by atoms with van der Waals surface area (Å²) in [6, 6.07) is 22.7. The predicted octanol–water partition coefficient (Wildman–Crippen LogP) is 5.22. The Labute approximate surface area is 230 Å². The van der Waals surface area contributed by atoms with Crippen LogP contribution in [0, 0.1) is 5.92 Å². The molecule has 3 aliphatic rings. The molecule has 7 nitrogen and oxygen atoms in total. The summed E-state index contributed by atoms with van der Waals surface area (Å²) in [4.78, 5) is 21.0. The first-order chi connectivity index (χ1) is 19.0. The Morgan fingerprint density at radius 2 is 1.69 bits per heavy atom. The van der Waals surface area contributed by atoms with Crippen LogP contribution in [0.4, 0.5) is 11.4 Å². The number of likely N-dealkylation sites (tertiary alicyclic amines) is 1. The fraction of sp³-hybridized carbons (Fsp3) is 0.355. The van der Waals surface area contributed by atoms with E-state index in [4.69, 9.17) is 4.99 Å². The Hall–Kier alpha value is -3.33. The Morgan fingerprint density at radius 1 is 0.949 bits per heavy atom. The van der Waals surface area contributed by atoms with Gasteiger partial charge in [-0.2, -0.15) is 0 Å². The van der Waals surface area contributed by atoms with Crippen molar-refractivity contribution in [2.75, 3.05) is 25.0 Å². The number of aliphatic imine (C=N–C) groups is 1. The van der Waals surface area contributed by atoms with Crippen LogP contribution in [0.25, 0.3) is 0 Å². The number of rotatable bonds is 9. The Bertz CT molecular complexity index is 1480. The molecule has 1 unspecified atom stereocenters. The van der Waals surface area contributed by atoms with Gasteiger partial charge >= 0.3 is 0 Å². The zero-order valence-electron chi connectivity index (χ0n) is 22.0. The largest absolute Gasteiger partial charge is 0.325 e. The minimum Gasteiger partial charge on any atom is -0.325 e. The van der Waals surface area contributed by atoms with Crippen molar-refractivity contribution in [2.45, 2.75) is 49.5 Å². The first kappa shape index (κ1) is 25.9. The standard InChI is InChI=1S/C31H34N4O3S/c36-31-29(27-19-26(15-16-28(27)34-31)39(37,38)32-20-22-9-10-22)30(24-7-3-1-4-8-24)33-25-13-11-23(12-14-25)21-35-17-5-2-6-18-35/h1,3-4,7-8,11-16,19,22,29,32H,2,5-6,9-10,17-18,20-21H2,(H,34,36). The summed E-state index contributed by atoms with van der Waals surface area (Å²) in [6.07, 6.45) is 5.95. The maximum absolute atomic E-state index is 13.3. The molecule has 1 saturated heterocycles. The van der Waals surface area contributed by atoms with Crippen molar-refractivity contribution in [1.82, 2.24) is 9.62 Å². The van der Waals surface area contributed by atoms with Crippen LogP contribution in [0.5, 0.6) is 0 Å². The van der Waals surface area contributed by atoms with E-state index < -0.39 is 15.9 Å². The highest BCUT2D eigenvalue weighted by Gasteiger charge is 2.36. The van der Waals surface area contributed by atoms with Crippen LogP contribution >= 0.6 is 0 Å². The number of amides is 1. The van der Waals surface area contributed by atoms with E-state index in [1.807, 2.05) is 42.5 Å². The van der Waals surface area contributed by atoms with Crippen LogP contribution in [0.3, 0.4) is 0 Å². The molecule has 0 spiro atoms. The third kappa shape index (κ3) is 5.98. The van der Waals surface area contributed by atoms with Gasteiger partial charge in [-0.1, -0.05) is 48.9 Å². The van der Waals surface area contributed by atoms with Gasteiger partial charge in [0.05, 0.1) is 16.3 Å². The van der Waals surface area contributed by atoms with Gasteiger partial charge in [0.1, 0.15) is 5.92 Å². The molecule has 8 heteroatoms. The average molecular weight is 543 g/mol. The number of hydrogen-bond donors (Lipinski definition) is 2. The zero-order valence-corrected chi connectivity index (χ0v) is 22.8. The normalized spacial score (nSPS) is 20.1. The number of benzene rings is 3. The number of piperidine rings is 1. The summed E-state index contributed by atoms with van der Waals surface area (Å²) in [7, 11) is -3.68. The third-order valence-electron chi connectivity index (χ3n) is 7.81. The summed E-state index contributed by atoms with van der Waals surface area (Å²) in [6.45, 7) is 3.66. The molecule has 39 heavy (non-hydrogen) atoms. The lowest BCUT2D eigenvalue weighted by atomic mass is 9.90. The molecule has 1 aliphatic carbocycles. The second-order valence-corrected chi connectivity index (χ2v) is 12.6. The van der Waals surface area contributed by atoms with Gasteiger partial charge in [0.15, 0.2) is 0 Å². The van der Waals surface area contributed by atoms with Crippen molar-refractivity contribution < 1.29 is 13.2 Å². The fourth-order valence-electron chi connectivity index (χ4n) is 5.41. The highest BCUT2D eigenvalue weighted by molar-refractivity contribution is 7.89. The quantitative estimate of drug-likeness (QED) is 0.363. The molecule has 3 aromatic carbocycles. The van der Waals surface area contributed by atoms with Crippen molar-refractivity contribution in [1.29, 1.82) is 0 Å². The topological polar surface area (TPSA) is 90.9 Å². The van der Waals surface area contributed by atoms with Gasteiger partial charge in [-0.3, -0.25) is 14.7 Å². The molecule has 202 valence electrons. The van der Waals surface area contributed by atoms with Crippen LogP contribution in [0.2, 0.25) is 0 Å². The highest BCUT2D eigenvalue weighted by Crippen LogP contribution is 2.38. The van der Waals surface area contributed by atoms with Crippen molar-refractivity contribution in [3.05, 3.63) is 89.5 Å². The van der Waals surface area contributed by atoms with Crippen LogP contribution in [-0.2, 0) is 21.4 Å². The van der Waals surface area contributed by atoms with E-state index in [0.29, 0.717) is 29.4 Å². The summed E-state index contributed by atoms with van der Waals surface area (Å²) in [5, 5.41) is 2.94. The average Bonchev–Trinajstić information content (AvgIpc) is 3.73. The van der Waals surface area contributed by atoms with Crippen molar-refractivity contribution in [3.8, 4) is 0 Å². The van der Waals surface area contributed by atoms with Crippen molar-refractivity contribution >= 4 is 33.0 Å². The molecular formula is C31H34N4O3S. The van der Waals surface area contributed by atoms with Gasteiger partial charge in [-0.05, 0) is 91.7 Å². The van der Waals surface area contributed by atoms with E-state index in [0.717, 1.165) is 43.7 Å². The van der Waals surface area contributed by atoms with E-state index in [-0.39, 0.29) is 10.8 Å². The van der Waals surface area contributed by atoms with Crippen LogP contribution < -0.4 is 10.0 Å². The van der Waals surface area contributed by atoms with E-state index in [2.05, 4.69) is 27.1 Å². The van der Waals surface area contributed by atoms with Gasteiger partial charge in [-0.25, -0.2) is 13.1 Å². The number of fused-ring (bicyclic) bond motifs is 1. The predicted molar refractivity (Wildman–Crippen MR) is 154 cm³/mol. The smallest absolute Gasteiger partial charge is 0.240 e. The van der Waals surface area contributed by atoms with E-state index >= 15 is 0 Å². The Kier molecular flexibility index (Phi) is 7.34. The first-order valence-corrected chi connectivity index (χ1v) is 15.3. The maximum atomic E-state index is 13.3. The number of carbonyl (C=O) groups excluding carboxylic acids is 1. The molecule has 1 atom stereocenters. The fourth-order valence-corrected chi connectivity index (χ4v) is 6.56. The molecule has 2 heterocycles. The molecule has 0 radical (unpaired) electrons. The number of anilines is 1. The second-order valence-electron chi connectivity index (χ2n) is 10.8. The molecule has 3 aromatic rings. The number of sulfonamides is 1. The molecule has 2 fully saturated rings. The minimum absolute atomic E-state index is 0.165. The van der Waals surface area contributed by atoms with Crippen LogP contribution in [-0.4, -0.2) is 44.6 Å². The molecule has 0 aromatic heterocycles. The lowest BCUT2D eigenvalue weighted by Crippen LogP contribution is -2.28. The number of nitrogens with one attached hydrogen (secondary N) is 2. The van der Waals surface area contributed by atoms with Crippen molar-refractivity contribution in [3.63, 3.8) is 0 Å². The maximum Gasteiger partial charge on any atom is 0.240 e. The SMILES string of the molecule is O=C1Nc2ccc(S(=O)(=O)NCC3CC3)cc2C1C(=Nc1ccc(CN2CCCCC2)cc1)c1ccccc1. The van der Waals surface area contributed by atoms with Crippen LogP contribution in [0.1, 0.15) is 54.7 Å². The van der Waals surface area contributed by atoms with Crippen molar-refractivity contribution in [2.24, 2.45) is 10.9 Å². The minimum atomic E-state index is -3.68.